The molecule has 106 valence electrons. The van der Waals surface area contributed by atoms with Crippen LogP contribution in [0.4, 0.5) is 18.9 Å². The van der Waals surface area contributed by atoms with E-state index in [0.717, 1.165) is 23.9 Å². The van der Waals surface area contributed by atoms with Gasteiger partial charge in [0.25, 0.3) is 5.69 Å². The molecule has 1 aromatic rings. The molecule has 0 heterocycles. The number of hydrogen-bond donors (Lipinski definition) is 0. The zero-order chi connectivity index (χ0) is 15.3. The summed E-state index contributed by atoms with van der Waals surface area (Å²) in [6.45, 7) is 1.34. The minimum absolute atomic E-state index is 0.118. The van der Waals surface area contributed by atoms with Gasteiger partial charge in [0.2, 0.25) is 0 Å². The molecule has 4 nitrogen and oxygen atoms in total. The van der Waals surface area contributed by atoms with Crippen molar-refractivity contribution in [1.82, 2.24) is 0 Å². The summed E-state index contributed by atoms with van der Waals surface area (Å²) < 4.78 is 37.4. The first-order chi connectivity index (χ1) is 9.21. The third kappa shape index (κ3) is 4.59. The molecule has 0 N–H and O–H groups in total. The molecule has 0 aromatic heterocycles. The van der Waals surface area contributed by atoms with Crippen molar-refractivity contribution in [2.45, 2.75) is 13.1 Å². The van der Waals surface area contributed by atoms with Crippen LogP contribution in [0.15, 0.2) is 18.2 Å². The highest BCUT2D eigenvalue weighted by atomic mass is 32.2. The zero-order valence-corrected chi connectivity index (χ0v) is 11.0. The van der Waals surface area contributed by atoms with Gasteiger partial charge in [0.05, 0.1) is 16.2 Å². The molecule has 0 radical (unpaired) electrons. The fourth-order valence-corrected chi connectivity index (χ4v) is 1.58. The van der Waals surface area contributed by atoms with E-state index >= 15 is 0 Å². The van der Waals surface area contributed by atoms with Crippen LogP contribution in [0, 0.1) is 22.0 Å². The van der Waals surface area contributed by atoms with Gasteiger partial charge >= 0.3 is 6.18 Å². The Kier molecular flexibility index (Phi) is 5.16. The number of hydrogen-bond acceptors (Lipinski definition) is 4. The number of carbonyl (C=O) groups is 1. The number of rotatable bonds is 2. The third-order valence-electron chi connectivity index (χ3n) is 2.09. The average Bonchev–Trinajstić information content (AvgIpc) is 2.33. The van der Waals surface area contributed by atoms with E-state index in [-0.39, 0.29) is 16.4 Å². The van der Waals surface area contributed by atoms with Crippen LogP contribution in [0.25, 0.3) is 0 Å². The van der Waals surface area contributed by atoms with E-state index in [1.807, 2.05) is 0 Å². The second-order valence-electron chi connectivity index (χ2n) is 3.57. The summed E-state index contributed by atoms with van der Waals surface area (Å²) in [5, 5.41) is 10.6. The average molecular weight is 303 g/mol. The molecule has 0 fully saturated rings. The van der Waals surface area contributed by atoms with Gasteiger partial charge in [0.15, 0.2) is 5.12 Å². The number of carbonyl (C=O) groups excluding carboxylic acids is 1. The Bertz CT molecular complexity index is 602. The van der Waals surface area contributed by atoms with Crippen molar-refractivity contribution in [3.63, 3.8) is 0 Å². The highest BCUT2D eigenvalue weighted by molar-refractivity contribution is 8.13. The highest BCUT2D eigenvalue weighted by Gasteiger charge is 2.32. The van der Waals surface area contributed by atoms with Crippen molar-refractivity contribution < 1.29 is 22.9 Å². The fourth-order valence-electron chi connectivity index (χ4n) is 1.23. The summed E-state index contributed by atoms with van der Waals surface area (Å²) in [6, 6.07) is 2.13. The lowest BCUT2D eigenvalue weighted by molar-refractivity contribution is -0.385. The standard InChI is InChI=1S/C12H8F3NO3S/c1-8(17)20-6-2-3-9-4-5-10(12(13,14)15)7-11(9)16(18)19/h4-5,7H,6H2,1H3. The van der Waals surface area contributed by atoms with Crippen LogP contribution in [0.2, 0.25) is 0 Å². The van der Waals surface area contributed by atoms with Crippen LogP contribution in [-0.2, 0) is 11.0 Å². The van der Waals surface area contributed by atoms with Gasteiger partial charge in [-0.15, -0.1) is 0 Å². The summed E-state index contributed by atoms with van der Waals surface area (Å²) in [5.74, 6) is 5.01. The van der Waals surface area contributed by atoms with Gasteiger partial charge in [0.1, 0.15) is 5.56 Å². The van der Waals surface area contributed by atoms with Crippen molar-refractivity contribution in [3.8, 4) is 11.8 Å². The Morgan fingerprint density at radius 2 is 2.10 bits per heavy atom. The Morgan fingerprint density at radius 3 is 2.60 bits per heavy atom. The maximum absolute atomic E-state index is 12.5. The summed E-state index contributed by atoms with van der Waals surface area (Å²) in [5.41, 5.74) is -1.93. The van der Waals surface area contributed by atoms with Crippen LogP contribution in [-0.4, -0.2) is 15.8 Å². The smallest absolute Gasteiger partial charge is 0.288 e. The molecule has 8 heteroatoms. The fraction of sp³-hybridized carbons (Fsp3) is 0.250. The molecule has 0 saturated heterocycles. The third-order valence-corrected chi connectivity index (χ3v) is 2.79. The van der Waals surface area contributed by atoms with Gasteiger partial charge in [-0.3, -0.25) is 14.9 Å². The van der Waals surface area contributed by atoms with Crippen molar-refractivity contribution in [1.29, 1.82) is 0 Å². The number of nitro benzene ring substituents is 1. The highest BCUT2D eigenvalue weighted by Crippen LogP contribution is 2.32. The molecule has 0 amide bonds. The van der Waals surface area contributed by atoms with Crippen molar-refractivity contribution >= 4 is 22.6 Å². The summed E-state index contributed by atoms with van der Waals surface area (Å²) in [7, 11) is 0. The minimum Gasteiger partial charge on any atom is -0.288 e. The second kappa shape index (κ2) is 6.43. The molecule has 1 rings (SSSR count). The van der Waals surface area contributed by atoms with Crippen LogP contribution >= 0.6 is 11.8 Å². The first-order valence-electron chi connectivity index (χ1n) is 5.19. The number of thioether (sulfide) groups is 1. The maximum atomic E-state index is 12.5. The molecule has 0 spiro atoms. The summed E-state index contributed by atoms with van der Waals surface area (Å²) in [4.78, 5) is 20.5. The van der Waals surface area contributed by atoms with Crippen LogP contribution in [0.5, 0.6) is 0 Å². The van der Waals surface area contributed by atoms with Gasteiger partial charge in [-0.05, 0) is 12.1 Å². The van der Waals surface area contributed by atoms with E-state index in [0.29, 0.717) is 6.07 Å². The van der Waals surface area contributed by atoms with Gasteiger partial charge < -0.3 is 0 Å². The van der Waals surface area contributed by atoms with Crippen molar-refractivity contribution in [2.75, 3.05) is 5.75 Å². The monoisotopic (exact) mass is 303 g/mol. The van der Waals surface area contributed by atoms with E-state index in [4.69, 9.17) is 0 Å². The second-order valence-corrected chi connectivity index (χ2v) is 4.72. The number of alkyl halides is 3. The largest absolute Gasteiger partial charge is 0.416 e. The first kappa shape index (κ1) is 16.0. The Hall–Kier alpha value is -2.01. The molecule has 0 aliphatic rings. The molecule has 1 aromatic carbocycles. The summed E-state index contributed by atoms with van der Waals surface area (Å²) in [6.07, 6.45) is -4.65. The lowest BCUT2D eigenvalue weighted by Gasteiger charge is -2.06. The molecule has 0 saturated carbocycles. The van der Waals surface area contributed by atoms with Crippen molar-refractivity contribution in [3.05, 3.63) is 39.4 Å². The topological polar surface area (TPSA) is 60.2 Å². The molecule has 0 unspecified atom stereocenters. The van der Waals surface area contributed by atoms with E-state index in [1.165, 1.54) is 6.92 Å². The molecule has 20 heavy (non-hydrogen) atoms. The number of nitrogens with zero attached hydrogens (tertiary/aromatic N) is 1. The number of nitro groups is 1. The maximum Gasteiger partial charge on any atom is 0.416 e. The first-order valence-corrected chi connectivity index (χ1v) is 6.18. The zero-order valence-electron chi connectivity index (χ0n) is 10.2. The molecular formula is C12H8F3NO3S. The molecule has 0 aliphatic heterocycles. The summed E-state index contributed by atoms with van der Waals surface area (Å²) >= 11 is 0.910. The lowest BCUT2D eigenvalue weighted by atomic mass is 10.1. The van der Waals surface area contributed by atoms with Gasteiger partial charge in [-0.25, -0.2) is 0 Å². The van der Waals surface area contributed by atoms with E-state index < -0.39 is 22.4 Å². The molecule has 0 atom stereocenters. The van der Waals surface area contributed by atoms with Crippen LogP contribution in [0.1, 0.15) is 18.1 Å². The predicted molar refractivity (Wildman–Crippen MR) is 68.1 cm³/mol. The molecule has 0 bridgehead atoms. The van der Waals surface area contributed by atoms with Gasteiger partial charge in [-0.2, -0.15) is 13.2 Å². The molecular weight excluding hydrogens is 295 g/mol. The molecule has 0 aliphatic carbocycles. The van der Waals surface area contributed by atoms with Crippen LogP contribution in [0.3, 0.4) is 0 Å². The van der Waals surface area contributed by atoms with Gasteiger partial charge in [-0.1, -0.05) is 23.6 Å². The Labute approximate surface area is 116 Å². The van der Waals surface area contributed by atoms with E-state index in [1.54, 1.807) is 0 Å². The Balaban J connectivity index is 3.08. The number of halogens is 3. The lowest BCUT2D eigenvalue weighted by Crippen LogP contribution is -2.06. The number of benzene rings is 1. The van der Waals surface area contributed by atoms with E-state index in [2.05, 4.69) is 11.8 Å². The minimum atomic E-state index is -4.65. The SMILES string of the molecule is CC(=O)SCC#Cc1ccc(C(F)(F)F)cc1[N+](=O)[O-]. The van der Waals surface area contributed by atoms with Gasteiger partial charge in [0, 0.05) is 13.0 Å². The van der Waals surface area contributed by atoms with Crippen LogP contribution < -0.4 is 0 Å². The van der Waals surface area contributed by atoms with Crippen molar-refractivity contribution in [2.24, 2.45) is 0 Å². The van der Waals surface area contributed by atoms with E-state index in [9.17, 15) is 28.1 Å². The Morgan fingerprint density at radius 1 is 1.45 bits per heavy atom. The predicted octanol–water partition coefficient (Wildman–Crippen LogP) is 3.24. The quantitative estimate of drug-likeness (QED) is 0.478. The normalized spacial score (nSPS) is 10.6.